The van der Waals surface area contributed by atoms with Crippen molar-refractivity contribution in [2.45, 2.75) is 145 Å². The number of hydrogen-bond acceptors (Lipinski definition) is 0. The molecular formula is C27H39F13. The first-order valence-corrected chi connectivity index (χ1v) is 14.2. The molecule has 0 radical (unpaired) electrons. The Morgan fingerprint density at radius 3 is 1.23 bits per heavy atom. The highest BCUT2D eigenvalue weighted by molar-refractivity contribution is 5.11. The second-order valence-electron chi connectivity index (χ2n) is 11.8. The highest BCUT2D eigenvalue weighted by Gasteiger charge is 2.91. The normalized spacial score (nSPS) is 26.2. The highest BCUT2D eigenvalue weighted by Crippen LogP contribution is 2.62. The summed E-state index contributed by atoms with van der Waals surface area (Å²) in [6, 6.07) is 0. The van der Waals surface area contributed by atoms with E-state index in [1.807, 2.05) is 0 Å². The Kier molecular flexibility index (Phi) is 11.6. The third kappa shape index (κ3) is 7.17. The van der Waals surface area contributed by atoms with Gasteiger partial charge >= 0.3 is 35.8 Å². The van der Waals surface area contributed by atoms with Gasteiger partial charge in [-0.15, -0.1) is 0 Å². The lowest BCUT2D eigenvalue weighted by Crippen LogP contribution is -2.71. The van der Waals surface area contributed by atoms with Crippen molar-refractivity contribution in [1.29, 1.82) is 0 Å². The highest BCUT2D eigenvalue weighted by atomic mass is 19.4. The number of alkyl halides is 13. The van der Waals surface area contributed by atoms with Crippen LogP contribution in [0.3, 0.4) is 0 Å². The SMILES string of the molecule is CCCCCCC[C@H]1CC[C@H](CC[C@H]2CC[C@H](C(F)(F)C(F)(F)C(F)(F)C(F)(F)C(F)(F)C(F)(F)F)CC2)CC1. The summed E-state index contributed by atoms with van der Waals surface area (Å²) in [4.78, 5) is 0. The molecule has 0 N–H and O–H groups in total. The Morgan fingerprint density at radius 1 is 0.425 bits per heavy atom. The number of hydrogen-bond donors (Lipinski definition) is 0. The third-order valence-electron chi connectivity index (χ3n) is 8.98. The van der Waals surface area contributed by atoms with Gasteiger partial charge in [0.25, 0.3) is 0 Å². The number of unbranched alkanes of at least 4 members (excludes halogenated alkanes) is 4. The van der Waals surface area contributed by atoms with E-state index < -0.39 is 54.5 Å². The average molecular weight is 611 g/mol. The molecule has 0 atom stereocenters. The fourth-order valence-corrected chi connectivity index (χ4v) is 6.17. The predicted molar refractivity (Wildman–Crippen MR) is 124 cm³/mol. The zero-order valence-electron chi connectivity index (χ0n) is 22.5. The first kappa shape index (κ1) is 35.3. The van der Waals surface area contributed by atoms with Crippen LogP contribution in [0.2, 0.25) is 0 Å². The molecule has 2 aliphatic carbocycles. The van der Waals surface area contributed by atoms with E-state index in [0.29, 0.717) is 18.3 Å². The molecule has 2 saturated carbocycles. The molecule has 2 aliphatic rings. The molecule has 2 fully saturated rings. The molecule has 13 heteroatoms. The zero-order valence-corrected chi connectivity index (χ0v) is 22.5. The van der Waals surface area contributed by atoms with Crippen molar-refractivity contribution in [3.8, 4) is 0 Å². The minimum atomic E-state index is -7.82. The molecular weight excluding hydrogens is 571 g/mol. The smallest absolute Gasteiger partial charge is 0.199 e. The van der Waals surface area contributed by atoms with E-state index in [0.717, 1.165) is 32.1 Å². The number of rotatable bonds is 14. The quantitative estimate of drug-likeness (QED) is 0.136. The first-order valence-electron chi connectivity index (χ1n) is 14.2. The summed E-state index contributed by atoms with van der Waals surface area (Å²) in [6.45, 7) is 2.16. The lowest BCUT2D eigenvalue weighted by Gasteiger charge is -2.43. The van der Waals surface area contributed by atoms with Crippen LogP contribution in [-0.2, 0) is 0 Å². The van der Waals surface area contributed by atoms with Crippen molar-refractivity contribution in [1.82, 2.24) is 0 Å². The molecule has 0 aliphatic heterocycles. The van der Waals surface area contributed by atoms with E-state index >= 15 is 0 Å². The van der Waals surface area contributed by atoms with Crippen LogP contribution in [0.25, 0.3) is 0 Å². The molecule has 0 aromatic rings. The van der Waals surface area contributed by atoms with Gasteiger partial charge in [0, 0.05) is 5.92 Å². The topological polar surface area (TPSA) is 0 Å². The van der Waals surface area contributed by atoms with Crippen LogP contribution < -0.4 is 0 Å². The second-order valence-corrected chi connectivity index (χ2v) is 11.8. The van der Waals surface area contributed by atoms with Crippen molar-refractivity contribution in [2.24, 2.45) is 23.7 Å². The van der Waals surface area contributed by atoms with Crippen molar-refractivity contribution in [2.75, 3.05) is 0 Å². The maximum Gasteiger partial charge on any atom is 0.460 e. The van der Waals surface area contributed by atoms with Gasteiger partial charge < -0.3 is 0 Å². The summed E-state index contributed by atoms with van der Waals surface area (Å²) in [7, 11) is 0. The monoisotopic (exact) mass is 610 g/mol. The molecule has 0 saturated heterocycles. The molecule has 0 spiro atoms. The second kappa shape index (κ2) is 13.2. The summed E-state index contributed by atoms with van der Waals surface area (Å²) in [5.41, 5.74) is 0. The van der Waals surface area contributed by atoms with Gasteiger partial charge in [0.1, 0.15) is 0 Å². The van der Waals surface area contributed by atoms with Crippen molar-refractivity contribution < 1.29 is 57.1 Å². The van der Waals surface area contributed by atoms with Crippen molar-refractivity contribution in [3.63, 3.8) is 0 Å². The molecule has 0 aromatic carbocycles. The summed E-state index contributed by atoms with van der Waals surface area (Å²) in [5.74, 6) is -37.9. The van der Waals surface area contributed by atoms with Crippen molar-refractivity contribution in [3.05, 3.63) is 0 Å². The summed E-state index contributed by atoms with van der Waals surface area (Å²) >= 11 is 0. The van der Waals surface area contributed by atoms with Gasteiger partial charge in [0.2, 0.25) is 0 Å². The van der Waals surface area contributed by atoms with Gasteiger partial charge in [-0.3, -0.25) is 0 Å². The fraction of sp³-hybridized carbons (Fsp3) is 1.00. The van der Waals surface area contributed by atoms with Crippen LogP contribution in [-0.4, -0.2) is 35.8 Å². The molecule has 0 aromatic heterocycles. The average Bonchev–Trinajstić information content (AvgIpc) is 2.87. The van der Waals surface area contributed by atoms with Crippen LogP contribution in [0.15, 0.2) is 0 Å². The largest absolute Gasteiger partial charge is 0.460 e. The van der Waals surface area contributed by atoms with Gasteiger partial charge in [-0.1, -0.05) is 84.0 Å². The summed E-state index contributed by atoms with van der Waals surface area (Å²) in [6.07, 6.45) is 3.77. The molecule has 0 nitrogen and oxygen atoms in total. The Labute approximate surface area is 226 Å². The minimum Gasteiger partial charge on any atom is -0.199 e. The molecule has 0 unspecified atom stereocenters. The van der Waals surface area contributed by atoms with E-state index in [1.165, 1.54) is 38.5 Å². The standard InChI is InChI=1S/C27H39F13/c1-2-3-4-5-6-7-18-8-10-19(11-9-18)12-13-20-14-16-21(17-15-20)22(28,29)23(30,31)24(32,33)25(34,35)26(36,37)27(38,39)40/h18-21H,2-17H2,1H3/t18-,19-,20-,21-. The van der Waals surface area contributed by atoms with E-state index in [1.54, 1.807) is 0 Å². The molecule has 238 valence electrons. The van der Waals surface area contributed by atoms with E-state index in [4.69, 9.17) is 0 Å². The zero-order chi connectivity index (χ0) is 30.6. The Balaban J connectivity index is 1.88. The maximum atomic E-state index is 14.5. The van der Waals surface area contributed by atoms with E-state index in [9.17, 15) is 57.1 Å². The van der Waals surface area contributed by atoms with Gasteiger partial charge in [-0.05, 0) is 43.4 Å². The molecule has 2 rings (SSSR count). The van der Waals surface area contributed by atoms with Gasteiger partial charge in [0.05, 0.1) is 0 Å². The predicted octanol–water partition coefficient (Wildman–Crippen LogP) is 11.5. The summed E-state index contributed by atoms with van der Waals surface area (Å²) < 4.78 is 175. The number of halogens is 13. The van der Waals surface area contributed by atoms with Gasteiger partial charge in [0.15, 0.2) is 0 Å². The first-order chi connectivity index (χ1) is 18.2. The van der Waals surface area contributed by atoms with Crippen molar-refractivity contribution >= 4 is 0 Å². The minimum absolute atomic E-state index is 0.0931. The van der Waals surface area contributed by atoms with Crippen LogP contribution in [0.4, 0.5) is 57.1 Å². The molecule has 0 bridgehead atoms. The van der Waals surface area contributed by atoms with Gasteiger partial charge in [-0.25, -0.2) is 0 Å². The van der Waals surface area contributed by atoms with Gasteiger partial charge in [-0.2, -0.15) is 57.1 Å². The molecule has 0 heterocycles. The molecule has 40 heavy (non-hydrogen) atoms. The maximum absolute atomic E-state index is 14.5. The lowest BCUT2D eigenvalue weighted by atomic mass is 9.72. The lowest BCUT2D eigenvalue weighted by molar-refractivity contribution is -0.443. The van der Waals surface area contributed by atoms with Crippen LogP contribution in [0.5, 0.6) is 0 Å². The van der Waals surface area contributed by atoms with Crippen LogP contribution >= 0.6 is 0 Å². The molecule has 0 amide bonds. The Hall–Kier alpha value is -0.910. The van der Waals surface area contributed by atoms with Crippen LogP contribution in [0, 0.1) is 23.7 Å². The van der Waals surface area contributed by atoms with E-state index in [2.05, 4.69) is 6.92 Å². The fourth-order valence-electron chi connectivity index (χ4n) is 6.17. The van der Waals surface area contributed by atoms with E-state index in [-0.39, 0.29) is 18.8 Å². The van der Waals surface area contributed by atoms with Crippen LogP contribution in [0.1, 0.15) is 110 Å². The summed E-state index contributed by atoms with van der Waals surface area (Å²) in [5, 5.41) is 0. The Morgan fingerprint density at radius 2 is 0.800 bits per heavy atom. The Bertz CT molecular complexity index is 759. The third-order valence-corrected chi connectivity index (χ3v) is 8.98.